The Hall–Kier alpha value is -7.42. The van der Waals surface area contributed by atoms with Crippen molar-refractivity contribution in [3.63, 3.8) is 0 Å². The molecule has 7 aromatic carbocycles. The number of benzene rings is 7. The molecule has 1 fully saturated rings. The van der Waals surface area contributed by atoms with Gasteiger partial charge in [0, 0.05) is 34.2 Å². The van der Waals surface area contributed by atoms with Crippen molar-refractivity contribution in [1.82, 2.24) is 0 Å². The highest BCUT2D eigenvalue weighted by molar-refractivity contribution is 6.21. The average molecular weight is 905 g/mol. The molecule has 2 heteroatoms. The first-order chi connectivity index (χ1) is 34.5. The summed E-state index contributed by atoms with van der Waals surface area (Å²) in [6, 6.07) is 53.1. The van der Waals surface area contributed by atoms with Gasteiger partial charge < -0.3 is 9.80 Å². The van der Waals surface area contributed by atoms with Crippen molar-refractivity contribution in [2.75, 3.05) is 9.80 Å². The van der Waals surface area contributed by atoms with Gasteiger partial charge in [-0.1, -0.05) is 150 Å². The van der Waals surface area contributed by atoms with Crippen LogP contribution in [-0.4, -0.2) is 0 Å². The summed E-state index contributed by atoms with van der Waals surface area (Å²) in [5, 5.41) is 5.10. The van der Waals surface area contributed by atoms with Crippen molar-refractivity contribution in [3.8, 4) is 22.3 Å². The summed E-state index contributed by atoms with van der Waals surface area (Å²) in [5.74, 6) is 0.780. The van der Waals surface area contributed by atoms with Crippen molar-refractivity contribution >= 4 is 44.2 Å². The van der Waals surface area contributed by atoms with E-state index in [-0.39, 0.29) is 0 Å². The van der Waals surface area contributed by atoms with Crippen molar-refractivity contribution < 1.29 is 0 Å². The third kappa shape index (κ3) is 7.75. The summed E-state index contributed by atoms with van der Waals surface area (Å²) in [5.41, 5.74) is 26.1. The Morgan fingerprint density at radius 3 is 1.36 bits per heavy atom. The highest BCUT2D eigenvalue weighted by Crippen LogP contribution is 2.47. The van der Waals surface area contributed by atoms with Crippen LogP contribution in [0.2, 0.25) is 0 Å². The molecule has 6 aliphatic carbocycles. The predicted octanol–water partition coefficient (Wildman–Crippen LogP) is 18.3. The Labute approximate surface area is 414 Å². The molecule has 342 valence electrons. The molecule has 6 aliphatic rings. The fraction of sp³-hybridized carbons (Fsp3) is 0.206. The Bertz CT molecular complexity index is 3450. The standard InChI is InChI=1S/C68H60N2/c1-45-11-31-57(32-12-45)69(59-35-23-49(24-36-59)55-21-17-47-15-19-53(47)43-55)61-39-27-51(28-40-61)67-63-7-3-5-9-65(63)68(66-10-6-4-8-64(66)67)52-29-41-62(42-30-52)70(58-33-13-46(2)14-34-58)60-37-25-50(26-38-60)56-22-18-48-16-20-54(48)44-56/h3-13,17-18,21-23,25,27-33,35,37,39-42,44,53H,14-16,19-20,24,26,34,36,38,43H2,1-2H3. The van der Waals surface area contributed by atoms with Crippen molar-refractivity contribution in [2.24, 2.45) is 5.92 Å². The average Bonchev–Trinajstić information content (AvgIpc) is 3.39. The minimum Gasteiger partial charge on any atom is -0.318 e. The molecule has 2 nitrogen and oxygen atoms in total. The van der Waals surface area contributed by atoms with Crippen molar-refractivity contribution in [1.29, 1.82) is 0 Å². The lowest BCUT2D eigenvalue weighted by Crippen LogP contribution is -2.24. The van der Waals surface area contributed by atoms with E-state index in [1.54, 1.807) is 11.1 Å². The van der Waals surface area contributed by atoms with Crippen molar-refractivity contribution in [3.05, 3.63) is 250 Å². The van der Waals surface area contributed by atoms with Crippen LogP contribution in [0.4, 0.5) is 17.1 Å². The number of allylic oxidation sites excluding steroid dienone is 16. The van der Waals surface area contributed by atoms with Gasteiger partial charge in [-0.15, -0.1) is 0 Å². The quantitative estimate of drug-likeness (QED) is 0.126. The van der Waals surface area contributed by atoms with E-state index in [1.165, 1.54) is 149 Å². The number of hydrogen-bond donors (Lipinski definition) is 0. The summed E-state index contributed by atoms with van der Waals surface area (Å²) in [6.07, 6.45) is 31.6. The fourth-order valence-electron chi connectivity index (χ4n) is 12.2. The third-order valence-electron chi connectivity index (χ3n) is 16.4. The molecule has 1 unspecified atom stereocenters. The van der Waals surface area contributed by atoms with E-state index in [0.29, 0.717) is 0 Å². The zero-order chi connectivity index (χ0) is 46.7. The fourth-order valence-corrected chi connectivity index (χ4v) is 12.2. The van der Waals surface area contributed by atoms with E-state index in [9.17, 15) is 0 Å². The molecule has 0 bridgehead atoms. The van der Waals surface area contributed by atoms with Gasteiger partial charge in [-0.25, -0.2) is 0 Å². The highest BCUT2D eigenvalue weighted by Gasteiger charge is 2.29. The lowest BCUT2D eigenvalue weighted by Gasteiger charge is -2.35. The molecule has 0 N–H and O–H groups in total. The van der Waals surface area contributed by atoms with Gasteiger partial charge in [-0.3, -0.25) is 0 Å². The number of nitrogens with zero attached hydrogens (tertiary/aromatic N) is 2. The normalized spacial score (nSPS) is 18.3. The maximum atomic E-state index is 2.55. The van der Waals surface area contributed by atoms with Crippen LogP contribution in [0.25, 0.3) is 49.4 Å². The summed E-state index contributed by atoms with van der Waals surface area (Å²) in [7, 11) is 0. The van der Waals surface area contributed by atoms with Crippen LogP contribution in [-0.2, 0) is 12.8 Å². The number of fused-ring (bicyclic) bond motifs is 4. The zero-order valence-electron chi connectivity index (χ0n) is 40.6. The molecule has 0 amide bonds. The van der Waals surface area contributed by atoms with E-state index < -0.39 is 0 Å². The zero-order valence-corrected chi connectivity index (χ0v) is 40.6. The van der Waals surface area contributed by atoms with Gasteiger partial charge in [0.05, 0.1) is 0 Å². The van der Waals surface area contributed by atoms with Gasteiger partial charge in [-0.2, -0.15) is 0 Å². The predicted molar refractivity (Wildman–Crippen MR) is 297 cm³/mol. The maximum absolute atomic E-state index is 2.55. The van der Waals surface area contributed by atoms with Gasteiger partial charge in [-0.05, 0) is 222 Å². The second-order valence-corrected chi connectivity index (χ2v) is 20.7. The first-order valence-corrected chi connectivity index (χ1v) is 26.0. The molecule has 0 aliphatic heterocycles. The second kappa shape index (κ2) is 17.8. The number of anilines is 3. The summed E-state index contributed by atoms with van der Waals surface area (Å²) in [4.78, 5) is 5.03. The molecule has 1 atom stereocenters. The third-order valence-corrected chi connectivity index (χ3v) is 16.4. The molecular formula is C68H60N2. The Kier molecular flexibility index (Phi) is 10.9. The molecule has 0 spiro atoms. The van der Waals surface area contributed by atoms with Gasteiger partial charge >= 0.3 is 0 Å². The molecule has 0 radical (unpaired) electrons. The van der Waals surface area contributed by atoms with Crippen LogP contribution >= 0.6 is 0 Å². The summed E-state index contributed by atoms with van der Waals surface area (Å²) < 4.78 is 0. The number of hydrogen-bond acceptors (Lipinski definition) is 2. The van der Waals surface area contributed by atoms with E-state index in [1.807, 2.05) is 0 Å². The minimum absolute atomic E-state index is 0.780. The maximum Gasteiger partial charge on any atom is 0.0458 e. The topological polar surface area (TPSA) is 6.48 Å². The molecule has 0 saturated heterocycles. The van der Waals surface area contributed by atoms with E-state index >= 15 is 0 Å². The highest BCUT2D eigenvalue weighted by atomic mass is 15.2. The van der Waals surface area contributed by atoms with Gasteiger partial charge in [0.25, 0.3) is 0 Å². The van der Waals surface area contributed by atoms with Gasteiger partial charge in [0.1, 0.15) is 0 Å². The van der Waals surface area contributed by atoms with Crippen LogP contribution in [0, 0.1) is 12.8 Å². The molecule has 70 heavy (non-hydrogen) atoms. The van der Waals surface area contributed by atoms with E-state index in [2.05, 4.69) is 212 Å². The molecule has 1 saturated carbocycles. The Morgan fingerprint density at radius 2 is 0.871 bits per heavy atom. The Balaban J connectivity index is 0.850. The van der Waals surface area contributed by atoms with Crippen molar-refractivity contribution in [2.45, 2.75) is 84.5 Å². The number of rotatable bonds is 10. The number of aryl methyl sites for hydroxylation is 3. The molecular weight excluding hydrogens is 845 g/mol. The molecule has 0 aromatic heterocycles. The largest absolute Gasteiger partial charge is 0.318 e. The van der Waals surface area contributed by atoms with Gasteiger partial charge in [0.15, 0.2) is 0 Å². The molecule has 0 heterocycles. The first kappa shape index (κ1) is 42.7. The van der Waals surface area contributed by atoms with E-state index in [4.69, 9.17) is 0 Å². The summed E-state index contributed by atoms with van der Waals surface area (Å²) >= 11 is 0. The summed E-state index contributed by atoms with van der Waals surface area (Å²) in [6.45, 7) is 4.43. The molecule has 13 rings (SSSR count). The van der Waals surface area contributed by atoms with Crippen LogP contribution in [0.1, 0.15) is 87.0 Å². The van der Waals surface area contributed by atoms with Crippen LogP contribution < -0.4 is 9.80 Å². The second-order valence-electron chi connectivity index (χ2n) is 20.7. The van der Waals surface area contributed by atoms with Crippen LogP contribution in [0.3, 0.4) is 0 Å². The lowest BCUT2D eigenvalue weighted by molar-refractivity contribution is 0.434. The Morgan fingerprint density at radius 1 is 0.371 bits per heavy atom. The first-order valence-electron chi connectivity index (χ1n) is 26.0. The monoisotopic (exact) mass is 904 g/mol. The van der Waals surface area contributed by atoms with Gasteiger partial charge in [0.2, 0.25) is 0 Å². The lowest BCUT2D eigenvalue weighted by atomic mass is 9.71. The minimum atomic E-state index is 0.780. The van der Waals surface area contributed by atoms with Crippen LogP contribution in [0.5, 0.6) is 0 Å². The molecule has 7 aromatic rings. The smallest absolute Gasteiger partial charge is 0.0458 e. The SMILES string of the molecule is CC1=CC=C(N(C2=CC=C(c3ccc4c(c3)CC4)CC2)c2ccc(-c3c4ccccc4c(-c4ccc(N(C5=CC=C(C6=CC=C7CCC7C6)CC5)c5ccc(C)cc5)cc4)c4ccccc34)cc2)CC1. The van der Waals surface area contributed by atoms with E-state index in [0.717, 1.165) is 44.4 Å². The van der Waals surface area contributed by atoms with Crippen LogP contribution in [0.15, 0.2) is 228 Å².